The molecule has 0 aliphatic rings. The zero-order valence-corrected chi connectivity index (χ0v) is 18.5. The number of hydrogen-bond donors (Lipinski definition) is 4. The zero-order chi connectivity index (χ0) is 22.9. The number of carbonyl (C=O) groups is 2. The molecule has 0 aliphatic carbocycles. The summed E-state index contributed by atoms with van der Waals surface area (Å²) in [5.74, 6) is -1.01. The van der Waals surface area contributed by atoms with E-state index in [9.17, 15) is 18.0 Å². The second-order valence-electron chi connectivity index (χ2n) is 6.85. The van der Waals surface area contributed by atoms with Crippen molar-refractivity contribution in [2.45, 2.75) is 11.3 Å². The number of hydrazine groups is 1. The van der Waals surface area contributed by atoms with E-state index in [1.165, 1.54) is 31.4 Å². The van der Waals surface area contributed by atoms with Gasteiger partial charge in [0.05, 0.1) is 17.7 Å². The van der Waals surface area contributed by atoms with Gasteiger partial charge in [0, 0.05) is 12.2 Å². The predicted molar refractivity (Wildman–Crippen MR) is 118 cm³/mol. The number of hydrogen-bond acceptors (Lipinski definition) is 7. The molecule has 0 aliphatic heterocycles. The van der Waals surface area contributed by atoms with Crippen LogP contribution in [-0.4, -0.2) is 59.4 Å². The lowest BCUT2D eigenvalue weighted by Crippen LogP contribution is -2.43. The Morgan fingerprint density at radius 2 is 1.55 bits per heavy atom. The van der Waals surface area contributed by atoms with Crippen molar-refractivity contribution in [3.05, 3.63) is 48.5 Å². The first-order valence-electron chi connectivity index (χ1n) is 9.47. The summed E-state index contributed by atoms with van der Waals surface area (Å²) < 4.78 is 32.4. The largest absolute Gasteiger partial charge is 0.497 e. The lowest BCUT2D eigenvalue weighted by atomic mass is 10.3. The number of anilines is 2. The molecular formula is C20H27N5O5S. The molecule has 10 nitrogen and oxygen atoms in total. The van der Waals surface area contributed by atoms with Crippen LogP contribution in [0.1, 0.15) is 6.42 Å². The summed E-state index contributed by atoms with van der Waals surface area (Å²) in [6.45, 7) is 1.20. The second-order valence-corrected chi connectivity index (χ2v) is 8.53. The quantitative estimate of drug-likeness (QED) is 0.242. The number of ether oxygens (including phenoxy) is 1. The molecule has 4 N–H and O–H groups in total. The fourth-order valence-electron chi connectivity index (χ4n) is 2.45. The van der Waals surface area contributed by atoms with Crippen LogP contribution in [0.2, 0.25) is 0 Å². The van der Waals surface area contributed by atoms with Gasteiger partial charge in [-0.05, 0) is 75.6 Å². The molecule has 0 spiro atoms. The maximum Gasteiger partial charge on any atom is 0.327 e. The highest BCUT2D eigenvalue weighted by Crippen LogP contribution is 2.20. The van der Waals surface area contributed by atoms with E-state index in [4.69, 9.17) is 4.74 Å². The fraction of sp³-hybridized carbons (Fsp3) is 0.300. The number of nitrogens with one attached hydrogen (secondary N) is 4. The Hall–Kier alpha value is -3.31. The molecule has 0 bridgehead atoms. The van der Waals surface area contributed by atoms with Crippen LogP contribution in [-0.2, 0) is 19.6 Å². The molecule has 2 aromatic rings. The van der Waals surface area contributed by atoms with Crippen LogP contribution in [0, 0.1) is 0 Å². The van der Waals surface area contributed by atoms with E-state index in [-0.39, 0.29) is 4.90 Å². The number of amides is 2. The van der Waals surface area contributed by atoms with Crippen molar-refractivity contribution < 1.29 is 22.7 Å². The Kier molecular flexibility index (Phi) is 8.64. The highest BCUT2D eigenvalue weighted by molar-refractivity contribution is 7.92. The summed E-state index contributed by atoms with van der Waals surface area (Å²) in [6.07, 6.45) is 0.730. The third kappa shape index (κ3) is 7.79. The standard InChI is InChI=1S/C20H27N5O5S/c1-25(2)14-4-13-21-19(26)20(27)23-22-15-5-7-16(8-6-15)24-31(28,29)18-11-9-17(30-3)10-12-18/h5-12,22,24H,4,13-14H2,1-3H3,(H,21,26)(H,23,27). The average Bonchev–Trinajstić information content (AvgIpc) is 2.75. The first kappa shape index (κ1) is 24.0. The van der Waals surface area contributed by atoms with Crippen LogP contribution >= 0.6 is 0 Å². The van der Waals surface area contributed by atoms with Gasteiger partial charge in [0.2, 0.25) is 0 Å². The molecule has 0 unspecified atom stereocenters. The molecule has 0 fully saturated rings. The molecule has 168 valence electrons. The SMILES string of the molecule is COc1ccc(S(=O)(=O)Nc2ccc(NNC(=O)C(=O)NCCCN(C)C)cc2)cc1. The normalized spacial score (nSPS) is 11.0. The molecule has 0 saturated heterocycles. The van der Waals surface area contributed by atoms with E-state index in [1.807, 2.05) is 19.0 Å². The Balaban J connectivity index is 1.84. The van der Waals surface area contributed by atoms with Crippen molar-refractivity contribution in [1.29, 1.82) is 0 Å². The molecule has 0 heterocycles. The molecule has 11 heteroatoms. The number of benzene rings is 2. The maximum absolute atomic E-state index is 12.4. The van der Waals surface area contributed by atoms with Gasteiger partial charge in [-0.3, -0.25) is 25.2 Å². The summed E-state index contributed by atoms with van der Waals surface area (Å²) >= 11 is 0. The van der Waals surface area contributed by atoms with Gasteiger partial charge in [0.25, 0.3) is 10.0 Å². The van der Waals surface area contributed by atoms with Gasteiger partial charge in [0.15, 0.2) is 0 Å². The molecule has 0 saturated carbocycles. The van der Waals surface area contributed by atoms with E-state index >= 15 is 0 Å². The van der Waals surface area contributed by atoms with Gasteiger partial charge in [-0.1, -0.05) is 0 Å². The lowest BCUT2D eigenvalue weighted by molar-refractivity contribution is -0.138. The highest BCUT2D eigenvalue weighted by Gasteiger charge is 2.15. The van der Waals surface area contributed by atoms with E-state index in [1.54, 1.807) is 24.3 Å². The van der Waals surface area contributed by atoms with Gasteiger partial charge in [-0.2, -0.15) is 0 Å². The third-order valence-corrected chi connectivity index (χ3v) is 5.50. The average molecular weight is 450 g/mol. The Morgan fingerprint density at radius 1 is 0.935 bits per heavy atom. The minimum Gasteiger partial charge on any atom is -0.497 e. The van der Waals surface area contributed by atoms with Crippen molar-refractivity contribution in [3.8, 4) is 5.75 Å². The maximum atomic E-state index is 12.4. The number of nitrogens with zero attached hydrogens (tertiary/aromatic N) is 1. The Bertz CT molecular complexity index is 976. The van der Waals surface area contributed by atoms with Crippen LogP contribution < -0.4 is 25.6 Å². The van der Waals surface area contributed by atoms with Crippen LogP contribution in [0.3, 0.4) is 0 Å². The number of sulfonamides is 1. The minimum atomic E-state index is -3.76. The first-order chi connectivity index (χ1) is 14.7. The van der Waals surface area contributed by atoms with E-state index in [2.05, 4.69) is 20.9 Å². The third-order valence-electron chi connectivity index (χ3n) is 4.10. The van der Waals surface area contributed by atoms with Crippen LogP contribution in [0.25, 0.3) is 0 Å². The molecule has 31 heavy (non-hydrogen) atoms. The molecule has 2 rings (SSSR count). The van der Waals surface area contributed by atoms with Crippen molar-refractivity contribution >= 4 is 33.2 Å². The zero-order valence-electron chi connectivity index (χ0n) is 17.6. The Labute approximate surface area is 182 Å². The lowest BCUT2D eigenvalue weighted by Gasteiger charge is -2.12. The van der Waals surface area contributed by atoms with Gasteiger partial charge in [-0.25, -0.2) is 8.42 Å². The van der Waals surface area contributed by atoms with Gasteiger partial charge >= 0.3 is 11.8 Å². The van der Waals surface area contributed by atoms with Gasteiger partial charge < -0.3 is 15.0 Å². The molecule has 2 aromatic carbocycles. The summed E-state index contributed by atoms with van der Waals surface area (Å²) in [5.41, 5.74) is 5.71. The number of rotatable bonds is 10. The minimum absolute atomic E-state index is 0.0966. The van der Waals surface area contributed by atoms with Gasteiger partial charge in [-0.15, -0.1) is 0 Å². The van der Waals surface area contributed by atoms with E-state index in [0.29, 0.717) is 23.7 Å². The summed E-state index contributed by atoms with van der Waals surface area (Å²) in [4.78, 5) is 25.6. The second kappa shape index (κ2) is 11.2. The summed E-state index contributed by atoms with van der Waals surface area (Å²) in [7, 11) is 1.59. The molecule has 0 atom stereocenters. The molecular weight excluding hydrogens is 422 g/mol. The summed E-state index contributed by atoms with van der Waals surface area (Å²) in [5, 5.41) is 2.53. The van der Waals surface area contributed by atoms with Crippen molar-refractivity contribution in [2.75, 3.05) is 44.4 Å². The highest BCUT2D eigenvalue weighted by atomic mass is 32.2. The predicted octanol–water partition coefficient (Wildman–Crippen LogP) is 1.01. The molecule has 0 aromatic heterocycles. The van der Waals surface area contributed by atoms with E-state index < -0.39 is 21.8 Å². The fourth-order valence-corrected chi connectivity index (χ4v) is 3.51. The van der Waals surface area contributed by atoms with Crippen molar-refractivity contribution in [1.82, 2.24) is 15.6 Å². The van der Waals surface area contributed by atoms with Crippen molar-refractivity contribution in [3.63, 3.8) is 0 Å². The van der Waals surface area contributed by atoms with Gasteiger partial charge in [0.1, 0.15) is 5.75 Å². The van der Waals surface area contributed by atoms with Crippen molar-refractivity contribution in [2.24, 2.45) is 0 Å². The van der Waals surface area contributed by atoms with E-state index in [0.717, 1.165) is 13.0 Å². The monoisotopic (exact) mass is 449 g/mol. The first-order valence-corrected chi connectivity index (χ1v) is 11.0. The molecule has 0 radical (unpaired) electrons. The smallest absolute Gasteiger partial charge is 0.327 e. The number of carbonyl (C=O) groups excluding carboxylic acids is 2. The van der Waals surface area contributed by atoms with Crippen LogP contribution in [0.5, 0.6) is 5.75 Å². The Morgan fingerprint density at radius 3 is 2.13 bits per heavy atom. The summed E-state index contributed by atoms with van der Waals surface area (Å²) in [6, 6.07) is 12.2. The topological polar surface area (TPSA) is 129 Å². The van der Waals surface area contributed by atoms with Crippen LogP contribution in [0.15, 0.2) is 53.4 Å². The molecule has 2 amide bonds. The number of methoxy groups -OCH3 is 1. The van der Waals surface area contributed by atoms with Crippen LogP contribution in [0.4, 0.5) is 11.4 Å².